The number of benzene rings is 1. The first-order valence-electron chi connectivity index (χ1n) is 6.38. The van der Waals surface area contributed by atoms with Crippen LogP contribution in [0.4, 0.5) is 0 Å². The molecule has 2 aromatic rings. The molecule has 1 aromatic heterocycles. The van der Waals surface area contributed by atoms with Gasteiger partial charge in [-0.1, -0.05) is 0 Å². The van der Waals surface area contributed by atoms with Crippen LogP contribution in [0, 0.1) is 0 Å². The minimum Gasteiger partial charge on any atom is -0.482 e. The molecule has 1 heterocycles. The highest BCUT2D eigenvalue weighted by Gasteiger charge is 2.10. The van der Waals surface area contributed by atoms with E-state index >= 15 is 0 Å². The number of fused-ring (bicyclic) bond motifs is 1. The maximum atomic E-state index is 11.6. The van der Waals surface area contributed by atoms with Crippen molar-refractivity contribution in [2.24, 2.45) is 0 Å². The van der Waals surface area contributed by atoms with Gasteiger partial charge < -0.3 is 13.9 Å². The van der Waals surface area contributed by atoms with Crippen molar-refractivity contribution in [3.05, 3.63) is 40.2 Å². The Kier molecular flexibility index (Phi) is 4.37. The van der Waals surface area contributed by atoms with Crippen LogP contribution >= 0.6 is 0 Å². The molecule has 0 unspecified atom stereocenters. The molecule has 0 spiro atoms. The topological polar surface area (TPSA) is 82.8 Å². The summed E-state index contributed by atoms with van der Waals surface area (Å²) >= 11 is 0. The highest BCUT2D eigenvalue weighted by Crippen LogP contribution is 2.20. The highest BCUT2D eigenvalue weighted by atomic mass is 16.6. The second-order valence-electron chi connectivity index (χ2n) is 4.30. The summed E-state index contributed by atoms with van der Waals surface area (Å²) in [6.07, 6.45) is 0. The number of ether oxygens (including phenoxy) is 2. The molecule has 0 fully saturated rings. The number of carbonyl (C=O) groups excluding carboxylic acids is 2. The fourth-order valence-corrected chi connectivity index (χ4v) is 1.77. The summed E-state index contributed by atoms with van der Waals surface area (Å²) < 4.78 is 15.1. The molecule has 0 saturated heterocycles. The third-order valence-corrected chi connectivity index (χ3v) is 2.75. The lowest BCUT2D eigenvalue weighted by Gasteiger charge is -2.06. The van der Waals surface area contributed by atoms with E-state index in [-0.39, 0.29) is 30.1 Å². The van der Waals surface area contributed by atoms with E-state index in [1.165, 1.54) is 19.1 Å². The van der Waals surface area contributed by atoms with Gasteiger partial charge in [0.25, 0.3) is 0 Å². The average Bonchev–Trinajstić information content (AvgIpc) is 2.44. The number of rotatable bonds is 5. The summed E-state index contributed by atoms with van der Waals surface area (Å²) in [4.78, 5) is 34.1. The van der Waals surface area contributed by atoms with E-state index in [1.54, 1.807) is 19.1 Å². The molecule has 2 rings (SSSR count). The Morgan fingerprint density at radius 3 is 2.67 bits per heavy atom. The van der Waals surface area contributed by atoms with E-state index in [4.69, 9.17) is 13.9 Å². The van der Waals surface area contributed by atoms with Crippen LogP contribution in [0.25, 0.3) is 11.0 Å². The normalized spacial score (nSPS) is 10.4. The quantitative estimate of drug-likeness (QED) is 0.475. The summed E-state index contributed by atoms with van der Waals surface area (Å²) in [5.41, 5.74) is -0.411. The first kappa shape index (κ1) is 14.8. The van der Waals surface area contributed by atoms with Gasteiger partial charge in [-0.05, 0) is 32.0 Å². The zero-order valence-corrected chi connectivity index (χ0v) is 11.7. The Hall–Kier alpha value is -2.63. The van der Waals surface area contributed by atoms with Gasteiger partial charge in [0.05, 0.1) is 6.61 Å². The van der Waals surface area contributed by atoms with Crippen molar-refractivity contribution in [1.29, 1.82) is 0 Å². The van der Waals surface area contributed by atoms with Crippen LogP contribution < -0.4 is 10.4 Å². The number of ketones is 1. The zero-order chi connectivity index (χ0) is 15.4. The Balaban J connectivity index is 2.26. The number of esters is 1. The third kappa shape index (κ3) is 3.47. The van der Waals surface area contributed by atoms with E-state index in [9.17, 15) is 14.4 Å². The van der Waals surface area contributed by atoms with Gasteiger partial charge in [0.15, 0.2) is 12.4 Å². The molecule has 0 bridgehead atoms. The predicted octanol–water partition coefficient (Wildman–Crippen LogP) is 1.94. The molecule has 0 aliphatic heterocycles. The summed E-state index contributed by atoms with van der Waals surface area (Å²) in [6.45, 7) is 3.06. The SMILES string of the molecule is CCOC(=O)COc1ccc2cc(C(C)=O)c(=O)oc2c1. The van der Waals surface area contributed by atoms with Crippen molar-refractivity contribution < 1.29 is 23.5 Å². The molecular formula is C15H14O6. The van der Waals surface area contributed by atoms with Gasteiger partial charge in [0.2, 0.25) is 0 Å². The molecule has 0 atom stereocenters. The van der Waals surface area contributed by atoms with E-state index in [1.807, 2.05) is 0 Å². The largest absolute Gasteiger partial charge is 0.482 e. The van der Waals surface area contributed by atoms with Crippen molar-refractivity contribution in [3.8, 4) is 5.75 Å². The minimum absolute atomic E-state index is 0.00249. The molecular weight excluding hydrogens is 276 g/mol. The van der Waals surface area contributed by atoms with Gasteiger partial charge in [-0.3, -0.25) is 4.79 Å². The summed E-state index contributed by atoms with van der Waals surface area (Å²) in [7, 11) is 0. The Morgan fingerprint density at radius 1 is 1.24 bits per heavy atom. The minimum atomic E-state index is -0.697. The first-order valence-corrected chi connectivity index (χ1v) is 6.38. The van der Waals surface area contributed by atoms with E-state index < -0.39 is 11.6 Å². The van der Waals surface area contributed by atoms with Gasteiger partial charge in [0, 0.05) is 11.5 Å². The maximum absolute atomic E-state index is 11.6. The van der Waals surface area contributed by atoms with Gasteiger partial charge in [0.1, 0.15) is 16.9 Å². The average molecular weight is 290 g/mol. The summed E-state index contributed by atoms with van der Waals surface area (Å²) in [6, 6.07) is 6.22. The van der Waals surface area contributed by atoms with Crippen molar-refractivity contribution in [1.82, 2.24) is 0 Å². The summed E-state index contributed by atoms with van der Waals surface area (Å²) in [5.74, 6) is -0.464. The Labute approximate surface area is 120 Å². The molecule has 6 heteroatoms. The standard InChI is InChI=1S/C15H14O6/c1-3-19-14(17)8-20-11-5-4-10-6-12(9(2)16)15(18)21-13(10)7-11/h4-7H,3,8H2,1-2H3. The fraction of sp³-hybridized carbons (Fsp3) is 0.267. The van der Waals surface area contributed by atoms with Crippen LogP contribution in [0.3, 0.4) is 0 Å². The number of hydrogen-bond acceptors (Lipinski definition) is 6. The van der Waals surface area contributed by atoms with Crippen LogP contribution in [-0.2, 0) is 9.53 Å². The monoisotopic (exact) mass is 290 g/mol. The Bertz CT molecular complexity index is 743. The molecule has 0 saturated carbocycles. The smallest absolute Gasteiger partial charge is 0.347 e. The zero-order valence-electron chi connectivity index (χ0n) is 11.7. The lowest BCUT2D eigenvalue weighted by molar-refractivity contribution is -0.145. The third-order valence-electron chi connectivity index (χ3n) is 2.75. The van der Waals surface area contributed by atoms with Crippen LogP contribution in [0.1, 0.15) is 24.2 Å². The van der Waals surface area contributed by atoms with Crippen molar-refractivity contribution in [3.63, 3.8) is 0 Å². The van der Waals surface area contributed by atoms with Crippen LogP contribution in [0.5, 0.6) is 5.75 Å². The molecule has 0 aliphatic carbocycles. The molecule has 1 aromatic carbocycles. The maximum Gasteiger partial charge on any atom is 0.347 e. The predicted molar refractivity (Wildman–Crippen MR) is 74.6 cm³/mol. The van der Waals surface area contributed by atoms with Crippen molar-refractivity contribution >= 4 is 22.7 Å². The van der Waals surface area contributed by atoms with Crippen molar-refractivity contribution in [2.75, 3.05) is 13.2 Å². The van der Waals surface area contributed by atoms with Gasteiger partial charge in [-0.15, -0.1) is 0 Å². The van der Waals surface area contributed by atoms with E-state index in [0.717, 1.165) is 0 Å². The highest BCUT2D eigenvalue weighted by molar-refractivity contribution is 5.96. The lowest BCUT2D eigenvalue weighted by Crippen LogP contribution is -2.14. The number of hydrogen-bond donors (Lipinski definition) is 0. The Morgan fingerprint density at radius 2 is 2.00 bits per heavy atom. The van der Waals surface area contributed by atoms with Gasteiger partial charge >= 0.3 is 11.6 Å². The number of Topliss-reactive ketones (excluding diaryl/α,β-unsaturated/α-hetero) is 1. The molecule has 0 N–H and O–H groups in total. The molecule has 6 nitrogen and oxygen atoms in total. The lowest BCUT2D eigenvalue weighted by atomic mass is 10.1. The second-order valence-corrected chi connectivity index (χ2v) is 4.30. The van der Waals surface area contributed by atoms with Crippen molar-refractivity contribution in [2.45, 2.75) is 13.8 Å². The van der Waals surface area contributed by atoms with Crippen LogP contribution in [0.15, 0.2) is 33.5 Å². The molecule has 0 aliphatic rings. The summed E-state index contributed by atoms with van der Waals surface area (Å²) in [5, 5.41) is 0.600. The first-order chi connectivity index (χ1) is 10.0. The van der Waals surface area contributed by atoms with Gasteiger partial charge in [-0.25, -0.2) is 9.59 Å². The fourth-order valence-electron chi connectivity index (χ4n) is 1.77. The van der Waals surface area contributed by atoms with Crippen LogP contribution in [-0.4, -0.2) is 25.0 Å². The molecule has 110 valence electrons. The van der Waals surface area contributed by atoms with E-state index in [2.05, 4.69) is 0 Å². The van der Waals surface area contributed by atoms with Crippen LogP contribution in [0.2, 0.25) is 0 Å². The molecule has 21 heavy (non-hydrogen) atoms. The molecule has 0 radical (unpaired) electrons. The van der Waals surface area contributed by atoms with E-state index in [0.29, 0.717) is 11.1 Å². The molecule has 0 amide bonds. The second kappa shape index (κ2) is 6.21. The number of carbonyl (C=O) groups is 2. The van der Waals surface area contributed by atoms with Gasteiger partial charge in [-0.2, -0.15) is 0 Å².